The summed E-state index contributed by atoms with van der Waals surface area (Å²) in [6, 6.07) is 15.0. The molecule has 0 aliphatic rings. The van der Waals surface area contributed by atoms with Gasteiger partial charge in [-0.05, 0) is 42.2 Å². The molecule has 5 nitrogen and oxygen atoms in total. The smallest absolute Gasteiger partial charge is 0.251 e. The molecule has 25 heavy (non-hydrogen) atoms. The molecule has 2 aromatic carbocycles. The van der Waals surface area contributed by atoms with Crippen LogP contribution in [0.1, 0.15) is 27.9 Å². The third-order valence-corrected chi connectivity index (χ3v) is 3.83. The Balaban J connectivity index is 0.00000312. The van der Waals surface area contributed by atoms with E-state index in [9.17, 15) is 9.59 Å². The van der Waals surface area contributed by atoms with Crippen LogP contribution < -0.4 is 16.4 Å². The van der Waals surface area contributed by atoms with E-state index in [2.05, 4.69) is 10.6 Å². The molecule has 2 aromatic rings. The number of carbonyl (C=O) groups is 2. The average Bonchev–Trinajstić information content (AvgIpc) is 2.60. The maximum Gasteiger partial charge on any atom is 0.251 e. The number of nitrogens with two attached hydrogens (primary N) is 1. The minimum absolute atomic E-state index is 0. The molecule has 0 spiro atoms. The normalized spacial score (nSPS) is 9.80. The lowest BCUT2D eigenvalue weighted by molar-refractivity contribution is -0.121. The van der Waals surface area contributed by atoms with Crippen LogP contribution in [-0.2, 0) is 17.6 Å². The number of benzene rings is 2. The predicted molar refractivity (Wildman–Crippen MR) is 103 cm³/mol. The van der Waals surface area contributed by atoms with Crippen LogP contribution in [0, 0.1) is 0 Å². The SMILES string of the molecule is CNC(=O)c1cccc(CCNC(=O)CCc2ccccc2N)c1.Cl. The summed E-state index contributed by atoms with van der Waals surface area (Å²) >= 11 is 0. The first-order valence-electron chi connectivity index (χ1n) is 8.01. The topological polar surface area (TPSA) is 84.2 Å². The Hall–Kier alpha value is -2.53. The van der Waals surface area contributed by atoms with Crippen molar-refractivity contribution in [2.75, 3.05) is 19.3 Å². The summed E-state index contributed by atoms with van der Waals surface area (Å²) < 4.78 is 0. The van der Waals surface area contributed by atoms with Crippen LogP contribution in [0.4, 0.5) is 5.69 Å². The maximum atomic E-state index is 11.9. The molecule has 0 aromatic heterocycles. The van der Waals surface area contributed by atoms with Crippen LogP contribution in [0.15, 0.2) is 48.5 Å². The van der Waals surface area contributed by atoms with Crippen LogP contribution in [0.5, 0.6) is 0 Å². The first-order chi connectivity index (χ1) is 11.6. The van der Waals surface area contributed by atoms with Crippen molar-refractivity contribution in [1.29, 1.82) is 0 Å². The van der Waals surface area contributed by atoms with Crippen molar-refractivity contribution in [2.45, 2.75) is 19.3 Å². The van der Waals surface area contributed by atoms with E-state index < -0.39 is 0 Å². The molecule has 0 bridgehead atoms. The van der Waals surface area contributed by atoms with Gasteiger partial charge in [0.1, 0.15) is 0 Å². The minimum Gasteiger partial charge on any atom is -0.399 e. The Morgan fingerprint density at radius 3 is 2.52 bits per heavy atom. The van der Waals surface area contributed by atoms with Gasteiger partial charge in [0.15, 0.2) is 0 Å². The molecule has 0 atom stereocenters. The molecule has 0 fully saturated rings. The second kappa shape index (κ2) is 10.4. The number of hydrogen-bond donors (Lipinski definition) is 3. The molecular weight excluding hydrogens is 338 g/mol. The lowest BCUT2D eigenvalue weighted by atomic mass is 10.1. The number of nitrogens with one attached hydrogen (secondary N) is 2. The summed E-state index contributed by atoms with van der Waals surface area (Å²) in [6.45, 7) is 0.542. The third-order valence-electron chi connectivity index (χ3n) is 3.83. The Bertz CT molecular complexity index is 719. The Kier molecular flexibility index (Phi) is 8.50. The third kappa shape index (κ3) is 6.47. The molecule has 134 valence electrons. The number of carbonyl (C=O) groups excluding carboxylic acids is 2. The molecular formula is C19H24ClN3O2. The first kappa shape index (κ1) is 20.5. The maximum absolute atomic E-state index is 11.9. The summed E-state index contributed by atoms with van der Waals surface area (Å²) in [5.41, 5.74) is 9.22. The summed E-state index contributed by atoms with van der Waals surface area (Å²) in [6.07, 6.45) is 1.72. The Morgan fingerprint density at radius 1 is 1.04 bits per heavy atom. The van der Waals surface area contributed by atoms with Crippen LogP contribution in [0.25, 0.3) is 0 Å². The molecule has 0 heterocycles. The fourth-order valence-corrected chi connectivity index (χ4v) is 2.46. The number of para-hydroxylation sites is 1. The minimum atomic E-state index is -0.110. The second-order valence-corrected chi connectivity index (χ2v) is 5.58. The van der Waals surface area contributed by atoms with Gasteiger partial charge in [0, 0.05) is 31.3 Å². The van der Waals surface area contributed by atoms with Gasteiger partial charge in [-0.2, -0.15) is 0 Å². The van der Waals surface area contributed by atoms with Gasteiger partial charge >= 0.3 is 0 Å². The first-order valence-corrected chi connectivity index (χ1v) is 8.01. The highest BCUT2D eigenvalue weighted by atomic mass is 35.5. The van der Waals surface area contributed by atoms with Crippen LogP contribution >= 0.6 is 12.4 Å². The van der Waals surface area contributed by atoms with Gasteiger partial charge in [-0.3, -0.25) is 9.59 Å². The van der Waals surface area contributed by atoms with E-state index in [1.54, 1.807) is 13.1 Å². The molecule has 0 saturated carbocycles. The Morgan fingerprint density at radius 2 is 1.80 bits per heavy atom. The van der Waals surface area contributed by atoms with Gasteiger partial charge in [0.05, 0.1) is 0 Å². The highest BCUT2D eigenvalue weighted by Crippen LogP contribution is 2.12. The van der Waals surface area contributed by atoms with Crippen molar-refractivity contribution < 1.29 is 9.59 Å². The molecule has 6 heteroatoms. The second-order valence-electron chi connectivity index (χ2n) is 5.58. The quantitative estimate of drug-likeness (QED) is 0.662. The number of halogens is 1. The Labute approximate surface area is 154 Å². The molecule has 0 aliphatic carbocycles. The number of amides is 2. The van der Waals surface area contributed by atoms with Gasteiger partial charge in [-0.15, -0.1) is 12.4 Å². The number of anilines is 1. The highest BCUT2D eigenvalue weighted by molar-refractivity contribution is 5.94. The number of aryl methyl sites for hydroxylation is 1. The zero-order valence-corrected chi connectivity index (χ0v) is 15.1. The average molecular weight is 362 g/mol. The van der Waals surface area contributed by atoms with Crippen molar-refractivity contribution in [3.05, 3.63) is 65.2 Å². The predicted octanol–water partition coefficient (Wildman–Crippen LogP) is 2.34. The van der Waals surface area contributed by atoms with E-state index in [4.69, 9.17) is 5.73 Å². The van der Waals surface area contributed by atoms with Crippen molar-refractivity contribution in [2.24, 2.45) is 0 Å². The van der Waals surface area contributed by atoms with E-state index in [-0.39, 0.29) is 24.2 Å². The van der Waals surface area contributed by atoms with Gasteiger partial charge < -0.3 is 16.4 Å². The number of nitrogen functional groups attached to an aromatic ring is 1. The van der Waals surface area contributed by atoms with Crippen LogP contribution in [-0.4, -0.2) is 25.4 Å². The number of hydrogen-bond acceptors (Lipinski definition) is 3. The van der Waals surface area contributed by atoms with Crippen molar-refractivity contribution in [3.8, 4) is 0 Å². The number of rotatable bonds is 7. The highest BCUT2D eigenvalue weighted by Gasteiger charge is 2.06. The fourth-order valence-electron chi connectivity index (χ4n) is 2.46. The van der Waals surface area contributed by atoms with E-state index in [0.717, 1.165) is 16.8 Å². The lowest BCUT2D eigenvalue weighted by Crippen LogP contribution is -2.26. The summed E-state index contributed by atoms with van der Waals surface area (Å²) in [5, 5.41) is 5.50. The molecule has 4 N–H and O–H groups in total. The molecule has 0 unspecified atom stereocenters. The molecule has 0 radical (unpaired) electrons. The summed E-state index contributed by atoms with van der Waals surface area (Å²) in [5.74, 6) is -0.109. The van der Waals surface area contributed by atoms with Crippen molar-refractivity contribution in [1.82, 2.24) is 10.6 Å². The van der Waals surface area contributed by atoms with E-state index in [1.165, 1.54) is 0 Å². The van der Waals surface area contributed by atoms with Gasteiger partial charge in [0.2, 0.25) is 5.91 Å². The summed E-state index contributed by atoms with van der Waals surface area (Å²) in [4.78, 5) is 23.5. The monoisotopic (exact) mass is 361 g/mol. The van der Waals surface area contributed by atoms with E-state index >= 15 is 0 Å². The van der Waals surface area contributed by atoms with Crippen LogP contribution in [0.2, 0.25) is 0 Å². The van der Waals surface area contributed by atoms with Gasteiger partial charge in [0.25, 0.3) is 5.91 Å². The van der Waals surface area contributed by atoms with Crippen molar-refractivity contribution >= 4 is 29.9 Å². The van der Waals surface area contributed by atoms with Gasteiger partial charge in [-0.25, -0.2) is 0 Å². The standard InChI is InChI=1S/C19H23N3O2.ClH/c1-21-19(24)16-7-4-5-14(13-16)11-12-22-18(23)10-9-15-6-2-3-8-17(15)20;/h2-8,13H,9-12,20H2,1H3,(H,21,24)(H,22,23);1H. The molecule has 0 saturated heterocycles. The van der Waals surface area contributed by atoms with E-state index in [1.807, 2.05) is 42.5 Å². The largest absolute Gasteiger partial charge is 0.399 e. The molecule has 2 amide bonds. The summed E-state index contributed by atoms with van der Waals surface area (Å²) in [7, 11) is 1.61. The molecule has 2 rings (SSSR count). The van der Waals surface area contributed by atoms with Crippen molar-refractivity contribution in [3.63, 3.8) is 0 Å². The van der Waals surface area contributed by atoms with Gasteiger partial charge in [-0.1, -0.05) is 30.3 Å². The van der Waals surface area contributed by atoms with E-state index in [0.29, 0.717) is 31.4 Å². The zero-order valence-electron chi connectivity index (χ0n) is 14.2. The van der Waals surface area contributed by atoms with Crippen LogP contribution in [0.3, 0.4) is 0 Å². The zero-order chi connectivity index (χ0) is 17.4. The molecule has 0 aliphatic heterocycles. The lowest BCUT2D eigenvalue weighted by Gasteiger charge is -2.08. The fraction of sp³-hybridized carbons (Fsp3) is 0.263.